The van der Waals surface area contributed by atoms with Gasteiger partial charge in [-0.2, -0.15) is 0 Å². The van der Waals surface area contributed by atoms with Crippen LogP contribution in [0.1, 0.15) is 119 Å². The molecule has 0 fully saturated rings. The number of carboxylic acids is 4. The fraction of sp³-hybridized carbons (Fsp3) is 0.706. The van der Waals surface area contributed by atoms with Crippen LogP contribution in [0, 0.1) is 0 Å². The maximum absolute atomic E-state index is 12.3. The van der Waals surface area contributed by atoms with Crippen LogP contribution in [0.5, 0.6) is 0 Å². The summed E-state index contributed by atoms with van der Waals surface area (Å²) < 4.78 is 29.4. The summed E-state index contributed by atoms with van der Waals surface area (Å²) >= 11 is 0. The fourth-order valence-electron chi connectivity index (χ4n) is 4.05. The Labute approximate surface area is 311 Å². The van der Waals surface area contributed by atoms with Crippen LogP contribution < -0.4 is 0 Å². The van der Waals surface area contributed by atoms with Gasteiger partial charge in [0, 0.05) is 38.5 Å². The molecule has 20 nitrogen and oxygen atoms in total. The van der Waals surface area contributed by atoms with Crippen LogP contribution in [0.2, 0.25) is 0 Å². The monoisotopic (exact) mass is 780 g/mol. The fourth-order valence-corrected chi connectivity index (χ4v) is 4.05. The van der Waals surface area contributed by atoms with Gasteiger partial charge in [0.15, 0.2) is 12.2 Å². The molecule has 0 radical (unpaired) electrons. The second-order valence-electron chi connectivity index (χ2n) is 11.4. The number of hydrogen-bond donors (Lipinski definition) is 4. The lowest BCUT2D eigenvalue weighted by molar-refractivity contribution is -0.209. The second-order valence-corrected chi connectivity index (χ2v) is 11.4. The van der Waals surface area contributed by atoms with Crippen molar-refractivity contribution in [3.63, 3.8) is 0 Å². The van der Waals surface area contributed by atoms with Crippen molar-refractivity contribution >= 4 is 59.7 Å². The van der Waals surface area contributed by atoms with E-state index in [9.17, 15) is 58.2 Å². The standard InChI is InChI=1S/C22H34O12.C12H18O8/c1-5-9-13(23)31-17(19(21(27)28)33-15(25)11-7-3)18(32-14(24)10-6-2)20(22(29)30)34-16(26)12-8-4;1-3-5-7(13)19-9(11(15)16)10(12(17)18)20-8(14)6-4-2/h17-20H,5-12H2,1-4H3,(H,27,28)(H,29,30);9-10H,3-6H2,1-2H3,(H,15,16)(H,17,18). The summed E-state index contributed by atoms with van der Waals surface area (Å²) in [6.07, 6.45) is -11.6. The number of ether oxygens (including phenoxy) is 6. The molecule has 0 aromatic rings. The van der Waals surface area contributed by atoms with Crippen LogP contribution in [0.4, 0.5) is 0 Å². The molecule has 4 N–H and O–H groups in total. The molecule has 0 amide bonds. The lowest BCUT2D eigenvalue weighted by atomic mass is 10.0. The second kappa shape index (κ2) is 28.2. The third-order valence-corrected chi connectivity index (χ3v) is 6.46. The number of carboxylic acid groups (broad SMARTS) is 4. The molecule has 6 unspecified atom stereocenters. The molecule has 54 heavy (non-hydrogen) atoms. The molecule has 0 rings (SSSR count). The van der Waals surface area contributed by atoms with Crippen LogP contribution in [0.25, 0.3) is 0 Å². The van der Waals surface area contributed by atoms with Gasteiger partial charge in [0.25, 0.3) is 0 Å². The van der Waals surface area contributed by atoms with E-state index in [-0.39, 0.29) is 38.5 Å². The zero-order valence-electron chi connectivity index (χ0n) is 31.3. The van der Waals surface area contributed by atoms with E-state index in [0.29, 0.717) is 38.5 Å². The summed E-state index contributed by atoms with van der Waals surface area (Å²) in [5.74, 6) is -12.5. The zero-order valence-corrected chi connectivity index (χ0v) is 31.3. The first-order valence-electron chi connectivity index (χ1n) is 17.4. The topological polar surface area (TPSA) is 307 Å². The van der Waals surface area contributed by atoms with Crippen LogP contribution in [0.15, 0.2) is 0 Å². The summed E-state index contributed by atoms with van der Waals surface area (Å²) in [7, 11) is 0. The van der Waals surface area contributed by atoms with Gasteiger partial charge in [-0.15, -0.1) is 0 Å². The Morgan fingerprint density at radius 3 is 0.648 bits per heavy atom. The lowest BCUT2D eigenvalue weighted by Crippen LogP contribution is -2.56. The normalized spacial score (nSPS) is 13.7. The quantitative estimate of drug-likeness (QED) is 0.0724. The van der Waals surface area contributed by atoms with Crippen LogP contribution in [-0.4, -0.2) is 117 Å². The number of hydrogen-bond acceptors (Lipinski definition) is 16. The molecular weight excluding hydrogens is 728 g/mol. The van der Waals surface area contributed by atoms with E-state index in [4.69, 9.17) is 29.2 Å². The van der Waals surface area contributed by atoms with Gasteiger partial charge in [0.2, 0.25) is 24.4 Å². The minimum atomic E-state index is -2.23. The number of esters is 6. The van der Waals surface area contributed by atoms with Crippen molar-refractivity contribution in [2.75, 3.05) is 0 Å². The molecule has 0 spiro atoms. The van der Waals surface area contributed by atoms with Gasteiger partial charge in [0.05, 0.1) is 0 Å². The van der Waals surface area contributed by atoms with Gasteiger partial charge in [0.1, 0.15) is 0 Å². The molecule has 6 atom stereocenters. The molecular formula is C34H52O20. The zero-order chi connectivity index (χ0) is 42.0. The Morgan fingerprint density at radius 2 is 0.481 bits per heavy atom. The molecule has 0 heterocycles. The molecule has 0 aliphatic rings. The Kier molecular flexibility index (Phi) is 26.6. The van der Waals surface area contributed by atoms with Gasteiger partial charge in [-0.25, -0.2) is 19.2 Å². The van der Waals surface area contributed by atoms with Gasteiger partial charge >= 0.3 is 59.7 Å². The first-order valence-corrected chi connectivity index (χ1v) is 17.4. The minimum Gasteiger partial charge on any atom is -0.478 e. The first-order chi connectivity index (χ1) is 25.3. The molecule has 0 saturated heterocycles. The molecule has 0 aliphatic heterocycles. The highest BCUT2D eigenvalue weighted by atomic mass is 16.6. The van der Waals surface area contributed by atoms with Crippen molar-refractivity contribution in [2.24, 2.45) is 0 Å². The van der Waals surface area contributed by atoms with Crippen molar-refractivity contribution in [3.8, 4) is 0 Å². The van der Waals surface area contributed by atoms with Gasteiger partial charge in [-0.05, 0) is 38.5 Å². The summed E-state index contributed by atoms with van der Waals surface area (Å²) in [5, 5.41) is 37.3. The average Bonchev–Trinajstić information content (AvgIpc) is 3.06. The van der Waals surface area contributed by atoms with Crippen molar-refractivity contribution < 1.29 is 96.8 Å². The maximum Gasteiger partial charge on any atom is 0.349 e. The molecule has 0 saturated carbocycles. The Morgan fingerprint density at radius 1 is 0.315 bits per heavy atom. The van der Waals surface area contributed by atoms with E-state index in [1.807, 2.05) is 0 Å². The highest BCUT2D eigenvalue weighted by molar-refractivity contribution is 5.88. The van der Waals surface area contributed by atoms with Crippen LogP contribution in [0.3, 0.4) is 0 Å². The van der Waals surface area contributed by atoms with Crippen molar-refractivity contribution in [2.45, 2.75) is 155 Å². The maximum atomic E-state index is 12.3. The Balaban J connectivity index is 0. The largest absolute Gasteiger partial charge is 0.478 e. The van der Waals surface area contributed by atoms with E-state index >= 15 is 0 Å². The third kappa shape index (κ3) is 20.7. The van der Waals surface area contributed by atoms with E-state index in [2.05, 4.69) is 9.47 Å². The van der Waals surface area contributed by atoms with Gasteiger partial charge in [-0.1, -0.05) is 41.5 Å². The Bertz CT molecular complexity index is 1180. The number of carbonyl (C=O) groups excluding carboxylic acids is 6. The highest BCUT2D eigenvalue weighted by Gasteiger charge is 2.50. The molecule has 308 valence electrons. The van der Waals surface area contributed by atoms with Crippen LogP contribution >= 0.6 is 0 Å². The van der Waals surface area contributed by atoms with Crippen LogP contribution in [-0.2, 0) is 76.4 Å². The van der Waals surface area contributed by atoms with E-state index < -0.39 is 96.3 Å². The highest BCUT2D eigenvalue weighted by Crippen LogP contribution is 2.22. The van der Waals surface area contributed by atoms with Crippen molar-refractivity contribution in [1.82, 2.24) is 0 Å². The number of aliphatic carboxylic acids is 4. The minimum absolute atomic E-state index is 0.0565. The Hall–Kier alpha value is -5.30. The number of rotatable bonds is 26. The van der Waals surface area contributed by atoms with Crippen molar-refractivity contribution in [1.29, 1.82) is 0 Å². The molecule has 0 aromatic heterocycles. The molecule has 0 aliphatic carbocycles. The smallest absolute Gasteiger partial charge is 0.349 e. The van der Waals surface area contributed by atoms with Gasteiger partial charge < -0.3 is 48.8 Å². The third-order valence-electron chi connectivity index (χ3n) is 6.46. The van der Waals surface area contributed by atoms with Crippen molar-refractivity contribution in [3.05, 3.63) is 0 Å². The van der Waals surface area contributed by atoms with E-state index in [0.717, 1.165) is 0 Å². The predicted octanol–water partition coefficient (Wildman–Crippen LogP) is 2.58. The summed E-state index contributed by atoms with van der Waals surface area (Å²) in [6.45, 7) is 9.90. The summed E-state index contributed by atoms with van der Waals surface area (Å²) in [5.41, 5.74) is 0. The molecule has 0 bridgehead atoms. The summed E-state index contributed by atoms with van der Waals surface area (Å²) in [4.78, 5) is 117. The molecule has 0 aromatic carbocycles. The number of carbonyl (C=O) groups is 10. The van der Waals surface area contributed by atoms with E-state index in [1.165, 1.54) is 0 Å². The SMILES string of the molecule is CCCC(=O)OC(C(=O)O)C(OC(=O)CCC)C(=O)O.CCCC(=O)OC(C(=O)O)C(OC(=O)CCC)C(OC(=O)CCC)C(OC(=O)CCC)C(=O)O. The lowest BCUT2D eigenvalue weighted by Gasteiger charge is -2.33. The first kappa shape index (κ1) is 50.8. The van der Waals surface area contributed by atoms with E-state index in [1.54, 1.807) is 41.5 Å². The molecule has 20 heteroatoms. The van der Waals surface area contributed by atoms with Gasteiger partial charge in [-0.3, -0.25) is 28.8 Å². The average molecular weight is 781 g/mol. The predicted molar refractivity (Wildman–Crippen MR) is 179 cm³/mol. The summed E-state index contributed by atoms with van der Waals surface area (Å²) in [6, 6.07) is 0.